The molecule has 0 bridgehead atoms. The van der Waals surface area contributed by atoms with Crippen molar-refractivity contribution in [1.82, 2.24) is 0 Å². The summed E-state index contributed by atoms with van der Waals surface area (Å²) in [4.78, 5) is 0. The normalized spacial score (nSPS) is 9.40. The molecule has 0 aliphatic heterocycles. The molecule has 0 amide bonds. The van der Waals surface area contributed by atoms with Gasteiger partial charge in [0.05, 0.1) is 0 Å². The number of hydrogen-bond acceptors (Lipinski definition) is 2. The lowest BCUT2D eigenvalue weighted by atomic mass is 10.3. The number of rotatable bonds is 1. The van der Waals surface area contributed by atoms with Gasteiger partial charge in [-0.3, -0.25) is 0 Å². The molecule has 2 nitrogen and oxygen atoms in total. The molecule has 0 spiro atoms. The Balaban J connectivity index is 3.07. The molecule has 0 aliphatic rings. The van der Waals surface area contributed by atoms with Gasteiger partial charge in [-0.25, -0.2) is 0 Å². The minimum atomic E-state index is 0.269. The van der Waals surface area contributed by atoms with Crippen LogP contribution in [0.15, 0.2) is 22.7 Å². The second kappa shape index (κ2) is 2.92. The predicted molar refractivity (Wildman–Crippen MR) is 45.4 cm³/mol. The minimum Gasteiger partial charge on any atom is -0.508 e. The van der Waals surface area contributed by atoms with Crippen molar-refractivity contribution in [1.29, 1.82) is 0 Å². The quantitative estimate of drug-likeness (QED) is 0.684. The summed E-state index contributed by atoms with van der Waals surface area (Å²) in [5.41, 5.74) is 0.970. The van der Waals surface area contributed by atoms with Crippen LogP contribution in [0.3, 0.4) is 0 Å². The topological polar surface area (TPSA) is 32.3 Å². The van der Waals surface area contributed by atoms with E-state index in [0.717, 1.165) is 10.2 Å². The van der Waals surface area contributed by atoms with E-state index in [-0.39, 0.29) is 5.75 Å². The molecular weight excluding hydrogens is 194 g/mol. The van der Waals surface area contributed by atoms with Crippen molar-refractivity contribution in [3.05, 3.63) is 22.7 Å². The summed E-state index contributed by atoms with van der Waals surface area (Å²) in [7, 11) is 1.83. The molecule has 0 saturated carbocycles. The minimum absolute atomic E-state index is 0.269. The fourth-order valence-electron chi connectivity index (χ4n) is 0.707. The van der Waals surface area contributed by atoms with Crippen molar-refractivity contribution < 1.29 is 5.11 Å². The van der Waals surface area contributed by atoms with Gasteiger partial charge in [-0.05, 0) is 34.1 Å². The van der Waals surface area contributed by atoms with Gasteiger partial charge in [-0.15, -0.1) is 0 Å². The zero-order chi connectivity index (χ0) is 7.56. The smallest absolute Gasteiger partial charge is 0.116 e. The van der Waals surface area contributed by atoms with Crippen LogP contribution in [-0.4, -0.2) is 12.2 Å². The lowest BCUT2D eigenvalue weighted by Gasteiger charge is -2.01. The Kier molecular flexibility index (Phi) is 2.17. The van der Waals surface area contributed by atoms with Gasteiger partial charge < -0.3 is 10.4 Å². The SMILES string of the molecule is CNc1ccc(O)cc1Br. The monoisotopic (exact) mass is 201 g/mol. The van der Waals surface area contributed by atoms with Crippen molar-refractivity contribution in [2.24, 2.45) is 0 Å². The molecule has 1 aromatic carbocycles. The Morgan fingerprint density at radius 1 is 1.50 bits per heavy atom. The number of anilines is 1. The van der Waals surface area contributed by atoms with Gasteiger partial charge in [0.25, 0.3) is 0 Å². The van der Waals surface area contributed by atoms with E-state index in [2.05, 4.69) is 21.2 Å². The molecule has 2 N–H and O–H groups in total. The van der Waals surface area contributed by atoms with Crippen molar-refractivity contribution in [3.63, 3.8) is 0 Å². The molecule has 0 aromatic heterocycles. The Morgan fingerprint density at radius 2 is 2.20 bits per heavy atom. The van der Waals surface area contributed by atoms with Crippen LogP contribution in [0.2, 0.25) is 0 Å². The second-order valence-electron chi connectivity index (χ2n) is 1.91. The summed E-state index contributed by atoms with van der Waals surface area (Å²) in [6, 6.07) is 5.09. The zero-order valence-electron chi connectivity index (χ0n) is 5.56. The molecule has 0 radical (unpaired) electrons. The van der Waals surface area contributed by atoms with E-state index in [0.29, 0.717) is 0 Å². The van der Waals surface area contributed by atoms with Gasteiger partial charge in [-0.1, -0.05) is 0 Å². The lowest BCUT2D eigenvalue weighted by molar-refractivity contribution is 0.475. The van der Waals surface area contributed by atoms with E-state index in [1.54, 1.807) is 18.2 Å². The highest BCUT2D eigenvalue weighted by Crippen LogP contribution is 2.25. The Bertz CT molecular complexity index is 237. The highest BCUT2D eigenvalue weighted by molar-refractivity contribution is 9.10. The van der Waals surface area contributed by atoms with Gasteiger partial charge in [0.1, 0.15) is 5.75 Å². The lowest BCUT2D eigenvalue weighted by Crippen LogP contribution is -1.87. The van der Waals surface area contributed by atoms with Crippen molar-refractivity contribution in [3.8, 4) is 5.75 Å². The van der Waals surface area contributed by atoms with E-state index in [1.807, 2.05) is 7.05 Å². The fourth-order valence-corrected chi connectivity index (χ4v) is 1.27. The van der Waals surface area contributed by atoms with Gasteiger partial charge in [0.15, 0.2) is 0 Å². The van der Waals surface area contributed by atoms with Crippen LogP contribution in [-0.2, 0) is 0 Å². The third-order valence-electron chi connectivity index (χ3n) is 1.22. The number of nitrogens with one attached hydrogen (secondary N) is 1. The Hall–Kier alpha value is -0.700. The van der Waals surface area contributed by atoms with E-state index in [4.69, 9.17) is 5.11 Å². The molecule has 0 unspecified atom stereocenters. The van der Waals surface area contributed by atoms with Crippen LogP contribution in [0.4, 0.5) is 5.69 Å². The highest BCUT2D eigenvalue weighted by atomic mass is 79.9. The first-order chi connectivity index (χ1) is 4.74. The molecule has 10 heavy (non-hydrogen) atoms. The third-order valence-corrected chi connectivity index (χ3v) is 1.88. The number of phenols is 1. The van der Waals surface area contributed by atoms with Crippen LogP contribution in [0.5, 0.6) is 5.75 Å². The molecule has 0 heterocycles. The Morgan fingerprint density at radius 3 is 2.70 bits per heavy atom. The molecule has 54 valence electrons. The molecule has 0 atom stereocenters. The van der Waals surface area contributed by atoms with Crippen molar-refractivity contribution in [2.75, 3.05) is 12.4 Å². The maximum atomic E-state index is 8.98. The van der Waals surface area contributed by atoms with Crippen LogP contribution in [0, 0.1) is 0 Å². The van der Waals surface area contributed by atoms with Crippen LogP contribution in [0.25, 0.3) is 0 Å². The molecule has 0 saturated heterocycles. The number of benzene rings is 1. The second-order valence-corrected chi connectivity index (χ2v) is 2.77. The van der Waals surface area contributed by atoms with Crippen molar-refractivity contribution in [2.45, 2.75) is 0 Å². The molecule has 1 rings (SSSR count). The van der Waals surface area contributed by atoms with E-state index in [1.165, 1.54) is 0 Å². The zero-order valence-corrected chi connectivity index (χ0v) is 7.14. The molecular formula is C7H8BrNO. The summed E-state index contributed by atoms with van der Waals surface area (Å²) >= 11 is 3.28. The van der Waals surface area contributed by atoms with Gasteiger partial charge in [-0.2, -0.15) is 0 Å². The first-order valence-electron chi connectivity index (χ1n) is 2.90. The third kappa shape index (κ3) is 1.42. The number of phenolic OH excluding ortho intramolecular Hbond substituents is 1. The highest BCUT2D eigenvalue weighted by Gasteiger charge is 1.96. The predicted octanol–water partition coefficient (Wildman–Crippen LogP) is 2.20. The van der Waals surface area contributed by atoms with Crippen molar-refractivity contribution >= 4 is 21.6 Å². The van der Waals surface area contributed by atoms with Crippen LogP contribution >= 0.6 is 15.9 Å². The summed E-state index contributed by atoms with van der Waals surface area (Å²) in [5.74, 6) is 0.269. The van der Waals surface area contributed by atoms with Gasteiger partial charge >= 0.3 is 0 Å². The Labute approximate surface area is 68.0 Å². The summed E-state index contributed by atoms with van der Waals surface area (Å²) in [5, 5.41) is 11.9. The van der Waals surface area contributed by atoms with Gasteiger partial charge in [0, 0.05) is 17.2 Å². The number of halogens is 1. The first-order valence-corrected chi connectivity index (χ1v) is 3.69. The van der Waals surface area contributed by atoms with Crippen LogP contribution in [0.1, 0.15) is 0 Å². The largest absolute Gasteiger partial charge is 0.508 e. The van der Waals surface area contributed by atoms with Crippen LogP contribution < -0.4 is 5.32 Å². The molecule has 0 aliphatic carbocycles. The summed E-state index contributed by atoms with van der Waals surface area (Å²) < 4.78 is 0.870. The molecule has 3 heteroatoms. The molecule has 0 fully saturated rings. The van der Waals surface area contributed by atoms with E-state index < -0.39 is 0 Å². The van der Waals surface area contributed by atoms with Gasteiger partial charge in [0.2, 0.25) is 0 Å². The standard InChI is InChI=1S/C7H8BrNO/c1-9-7-3-2-5(10)4-6(7)8/h2-4,9-10H,1H3. The number of aromatic hydroxyl groups is 1. The average molecular weight is 202 g/mol. The van der Waals surface area contributed by atoms with E-state index in [9.17, 15) is 0 Å². The average Bonchev–Trinajstić information content (AvgIpc) is 1.88. The number of hydrogen-bond donors (Lipinski definition) is 2. The maximum Gasteiger partial charge on any atom is 0.116 e. The van der Waals surface area contributed by atoms with E-state index >= 15 is 0 Å². The maximum absolute atomic E-state index is 8.98. The summed E-state index contributed by atoms with van der Waals surface area (Å²) in [6.45, 7) is 0. The molecule has 1 aromatic rings. The first kappa shape index (κ1) is 7.41. The fraction of sp³-hybridized carbons (Fsp3) is 0.143. The summed E-state index contributed by atoms with van der Waals surface area (Å²) in [6.07, 6.45) is 0.